The van der Waals surface area contributed by atoms with Gasteiger partial charge in [0.05, 0.1) is 0 Å². The van der Waals surface area contributed by atoms with Crippen molar-refractivity contribution < 1.29 is 19.5 Å². The molecule has 0 aromatic heterocycles. The first kappa shape index (κ1) is 13.1. The summed E-state index contributed by atoms with van der Waals surface area (Å²) < 4.78 is 0. The maximum absolute atomic E-state index is 10.7. The summed E-state index contributed by atoms with van der Waals surface area (Å²) in [6.45, 7) is 3.18. The topological polar surface area (TPSA) is 122 Å². The molecule has 0 saturated heterocycles. The highest BCUT2D eigenvalue weighted by Crippen LogP contribution is 1.95. The standard InChI is InChI=1S/C8H13N3O4/c1-2-7(13)11-10-5(8(14)15)3-4-6(9)12/h2,5,10H,1,3-4H2,(H2,9,12)(H,11,13)(H,14,15). The van der Waals surface area contributed by atoms with Gasteiger partial charge in [-0.15, -0.1) is 0 Å². The Morgan fingerprint density at radius 1 is 1.47 bits per heavy atom. The minimum atomic E-state index is -1.18. The third-order valence-corrected chi connectivity index (χ3v) is 1.53. The highest BCUT2D eigenvalue weighted by Gasteiger charge is 2.17. The van der Waals surface area contributed by atoms with Gasteiger partial charge in [0.1, 0.15) is 6.04 Å². The van der Waals surface area contributed by atoms with Gasteiger partial charge in [0.25, 0.3) is 5.91 Å². The number of carbonyl (C=O) groups excluding carboxylic acids is 2. The smallest absolute Gasteiger partial charge is 0.322 e. The maximum atomic E-state index is 10.7. The summed E-state index contributed by atoms with van der Waals surface area (Å²) >= 11 is 0. The van der Waals surface area contributed by atoms with Gasteiger partial charge < -0.3 is 10.8 Å². The molecule has 0 aliphatic carbocycles. The van der Waals surface area contributed by atoms with Crippen LogP contribution in [0.15, 0.2) is 12.7 Å². The van der Waals surface area contributed by atoms with Crippen molar-refractivity contribution in [2.45, 2.75) is 18.9 Å². The van der Waals surface area contributed by atoms with Gasteiger partial charge in [-0.3, -0.25) is 19.8 Å². The molecule has 0 aromatic carbocycles. The summed E-state index contributed by atoms with van der Waals surface area (Å²) in [4.78, 5) is 31.7. The zero-order chi connectivity index (χ0) is 11.8. The van der Waals surface area contributed by atoms with Gasteiger partial charge in [0.2, 0.25) is 5.91 Å². The van der Waals surface area contributed by atoms with Gasteiger partial charge >= 0.3 is 5.97 Å². The Bertz CT molecular complexity index is 277. The van der Waals surface area contributed by atoms with Crippen LogP contribution in [0, 0.1) is 0 Å². The largest absolute Gasteiger partial charge is 0.480 e. The number of carboxylic acids is 1. The Morgan fingerprint density at radius 3 is 2.47 bits per heavy atom. The summed E-state index contributed by atoms with van der Waals surface area (Å²) in [5, 5.41) is 8.68. The van der Waals surface area contributed by atoms with E-state index in [1.807, 2.05) is 0 Å². The van der Waals surface area contributed by atoms with Crippen LogP contribution in [0.25, 0.3) is 0 Å². The van der Waals surface area contributed by atoms with E-state index in [4.69, 9.17) is 10.8 Å². The van der Waals surface area contributed by atoms with Crippen LogP contribution in [-0.2, 0) is 14.4 Å². The van der Waals surface area contributed by atoms with Gasteiger partial charge in [-0.05, 0) is 12.5 Å². The molecule has 0 aromatic rings. The number of amides is 2. The molecular formula is C8H13N3O4. The molecule has 0 spiro atoms. The molecule has 0 rings (SSSR count). The number of hydrazine groups is 1. The molecule has 15 heavy (non-hydrogen) atoms. The van der Waals surface area contributed by atoms with Gasteiger partial charge in [-0.2, -0.15) is 0 Å². The van der Waals surface area contributed by atoms with Crippen LogP contribution in [0.3, 0.4) is 0 Å². The van der Waals surface area contributed by atoms with Crippen molar-refractivity contribution in [3.05, 3.63) is 12.7 Å². The van der Waals surface area contributed by atoms with E-state index in [0.29, 0.717) is 0 Å². The highest BCUT2D eigenvalue weighted by molar-refractivity contribution is 5.86. The van der Waals surface area contributed by atoms with Crippen LogP contribution in [0.4, 0.5) is 0 Å². The van der Waals surface area contributed by atoms with Gasteiger partial charge in [0, 0.05) is 6.42 Å². The second-order valence-electron chi connectivity index (χ2n) is 2.73. The van der Waals surface area contributed by atoms with E-state index in [-0.39, 0.29) is 12.8 Å². The van der Waals surface area contributed by atoms with Crippen LogP contribution >= 0.6 is 0 Å². The van der Waals surface area contributed by atoms with Crippen molar-refractivity contribution in [2.24, 2.45) is 5.73 Å². The van der Waals surface area contributed by atoms with Crippen LogP contribution < -0.4 is 16.6 Å². The number of primary amides is 1. The SMILES string of the molecule is C=CC(=O)NNC(CCC(N)=O)C(=O)O. The van der Waals surface area contributed by atoms with Crippen LogP contribution in [0.5, 0.6) is 0 Å². The first-order chi connectivity index (χ1) is 6.97. The van der Waals surface area contributed by atoms with E-state index in [1.165, 1.54) is 0 Å². The Hall–Kier alpha value is -1.89. The fourth-order valence-corrected chi connectivity index (χ4v) is 0.753. The summed E-state index contributed by atoms with van der Waals surface area (Å²) in [6, 6.07) is -1.05. The van der Waals surface area contributed by atoms with E-state index in [9.17, 15) is 14.4 Å². The second-order valence-corrected chi connectivity index (χ2v) is 2.73. The van der Waals surface area contributed by atoms with Gasteiger partial charge in [-0.1, -0.05) is 6.58 Å². The molecule has 5 N–H and O–H groups in total. The number of carbonyl (C=O) groups is 3. The molecule has 0 heterocycles. The molecule has 2 amide bonds. The molecule has 1 atom stereocenters. The predicted molar refractivity (Wildman–Crippen MR) is 51.3 cm³/mol. The summed E-state index contributed by atoms with van der Waals surface area (Å²) in [7, 11) is 0. The van der Waals surface area contributed by atoms with Crippen molar-refractivity contribution in [1.29, 1.82) is 0 Å². The minimum Gasteiger partial charge on any atom is -0.480 e. The van der Waals surface area contributed by atoms with E-state index < -0.39 is 23.8 Å². The van der Waals surface area contributed by atoms with Gasteiger partial charge in [-0.25, -0.2) is 5.43 Å². The number of carboxylic acid groups (broad SMARTS) is 1. The number of nitrogens with one attached hydrogen (secondary N) is 2. The van der Waals surface area contributed by atoms with Crippen LogP contribution in [-0.4, -0.2) is 28.9 Å². The fourth-order valence-electron chi connectivity index (χ4n) is 0.753. The normalized spacial score (nSPS) is 11.5. The monoisotopic (exact) mass is 215 g/mol. The third-order valence-electron chi connectivity index (χ3n) is 1.53. The number of rotatable bonds is 7. The highest BCUT2D eigenvalue weighted by atomic mass is 16.4. The summed E-state index contributed by atoms with van der Waals surface area (Å²) in [5.41, 5.74) is 9.20. The van der Waals surface area contributed by atoms with E-state index in [2.05, 4.69) is 17.4 Å². The number of hydrogen-bond donors (Lipinski definition) is 4. The Labute approximate surface area is 86.3 Å². The lowest BCUT2D eigenvalue weighted by molar-refractivity contribution is -0.140. The Balaban J connectivity index is 4.04. The summed E-state index contributed by atoms with van der Waals surface area (Å²) in [6.07, 6.45) is 0.913. The Kier molecular flexibility index (Phi) is 5.72. The lowest BCUT2D eigenvalue weighted by Gasteiger charge is -2.13. The fraction of sp³-hybridized carbons (Fsp3) is 0.375. The van der Waals surface area contributed by atoms with Crippen molar-refractivity contribution in [3.8, 4) is 0 Å². The van der Waals surface area contributed by atoms with Crippen LogP contribution in [0.2, 0.25) is 0 Å². The average molecular weight is 215 g/mol. The molecule has 0 fully saturated rings. The minimum absolute atomic E-state index is 0.00207. The molecule has 0 aliphatic heterocycles. The molecule has 1 unspecified atom stereocenters. The number of hydrogen-bond acceptors (Lipinski definition) is 4. The number of nitrogens with two attached hydrogens (primary N) is 1. The average Bonchev–Trinajstić information content (AvgIpc) is 2.16. The first-order valence-electron chi connectivity index (χ1n) is 4.16. The van der Waals surface area contributed by atoms with Crippen molar-refractivity contribution >= 4 is 17.8 Å². The quantitative estimate of drug-likeness (QED) is 0.304. The zero-order valence-corrected chi connectivity index (χ0v) is 8.03. The Morgan fingerprint density at radius 2 is 2.07 bits per heavy atom. The van der Waals surface area contributed by atoms with E-state index in [1.54, 1.807) is 0 Å². The second kappa shape index (κ2) is 6.55. The number of aliphatic carboxylic acids is 1. The lowest BCUT2D eigenvalue weighted by atomic mass is 10.1. The predicted octanol–water partition coefficient (Wildman–Crippen LogP) is -1.49. The van der Waals surface area contributed by atoms with E-state index in [0.717, 1.165) is 6.08 Å². The van der Waals surface area contributed by atoms with Gasteiger partial charge in [0.15, 0.2) is 0 Å². The lowest BCUT2D eigenvalue weighted by Crippen LogP contribution is -2.47. The molecule has 0 aliphatic rings. The molecule has 7 nitrogen and oxygen atoms in total. The maximum Gasteiger partial charge on any atom is 0.322 e. The van der Waals surface area contributed by atoms with Crippen molar-refractivity contribution in [2.75, 3.05) is 0 Å². The zero-order valence-electron chi connectivity index (χ0n) is 8.03. The molecule has 0 bridgehead atoms. The van der Waals surface area contributed by atoms with Crippen LogP contribution in [0.1, 0.15) is 12.8 Å². The molecular weight excluding hydrogens is 202 g/mol. The summed E-state index contributed by atoms with van der Waals surface area (Å²) in [5.74, 6) is -2.33. The van der Waals surface area contributed by atoms with E-state index >= 15 is 0 Å². The third kappa shape index (κ3) is 6.22. The molecule has 0 saturated carbocycles. The molecule has 84 valence electrons. The first-order valence-corrected chi connectivity index (χ1v) is 4.16. The molecule has 7 heteroatoms. The molecule has 0 radical (unpaired) electrons. The van der Waals surface area contributed by atoms with Crippen molar-refractivity contribution in [3.63, 3.8) is 0 Å². The van der Waals surface area contributed by atoms with Crippen molar-refractivity contribution in [1.82, 2.24) is 10.9 Å².